The molecule has 3 nitrogen and oxygen atoms in total. The fourth-order valence-corrected chi connectivity index (χ4v) is 6.28. The molecule has 2 fully saturated rings. The van der Waals surface area contributed by atoms with E-state index < -0.39 is 35.1 Å². The molecule has 0 aromatic carbocycles. The highest BCUT2D eigenvalue weighted by molar-refractivity contribution is 7.15. The third-order valence-corrected chi connectivity index (χ3v) is 8.05. The average Bonchev–Trinajstić information content (AvgIpc) is 3.05. The molecular weight excluding hydrogens is 505 g/mol. The number of halogens is 6. The van der Waals surface area contributed by atoms with Gasteiger partial charge in [0, 0.05) is 6.42 Å². The molecule has 2 saturated carbocycles. The van der Waals surface area contributed by atoms with Gasteiger partial charge in [0.1, 0.15) is 0 Å². The predicted octanol–water partition coefficient (Wildman–Crippen LogP) is 6.89. The first kappa shape index (κ1) is 33.5. The van der Waals surface area contributed by atoms with Crippen LogP contribution in [0.4, 0.5) is 26.3 Å². The number of aliphatic hydroxyl groups is 3. The van der Waals surface area contributed by atoms with Gasteiger partial charge >= 0.3 is 18.0 Å². The van der Waals surface area contributed by atoms with Gasteiger partial charge in [0.05, 0.1) is 13.0 Å². The van der Waals surface area contributed by atoms with Crippen molar-refractivity contribution in [2.75, 3.05) is 6.66 Å². The minimum absolute atomic E-state index is 0. The summed E-state index contributed by atoms with van der Waals surface area (Å²) in [4.78, 5) is 0. The molecule has 0 aliphatic heterocycles. The van der Waals surface area contributed by atoms with Crippen LogP contribution in [-0.4, -0.2) is 52.9 Å². The minimum atomic E-state index is -5.98. The van der Waals surface area contributed by atoms with E-state index in [9.17, 15) is 41.7 Å². The molecule has 2 aliphatic carbocycles. The summed E-state index contributed by atoms with van der Waals surface area (Å²) >= 11 is 0. The molecule has 0 heterocycles. The van der Waals surface area contributed by atoms with E-state index in [4.69, 9.17) is 1.28 Å². The Hall–Kier alpha value is -0.550. The summed E-state index contributed by atoms with van der Waals surface area (Å²) in [5.41, 5.74) is -7.08. The smallest absolute Gasteiger partial charge is 0.393 e. The monoisotopic (exact) mass is 551 g/mol. The van der Waals surface area contributed by atoms with Crippen LogP contribution in [0.1, 0.15) is 92.9 Å². The van der Waals surface area contributed by atoms with E-state index in [2.05, 4.69) is 12.8 Å². The van der Waals surface area contributed by atoms with E-state index in [-0.39, 0.29) is 31.1 Å². The third-order valence-electron chi connectivity index (χ3n) is 8.05. The Bertz CT molecular complexity index is 759. The van der Waals surface area contributed by atoms with E-state index in [0.717, 1.165) is 25.2 Å². The van der Waals surface area contributed by atoms with Gasteiger partial charge in [-0.3, -0.25) is 0 Å². The van der Waals surface area contributed by atoms with Crippen molar-refractivity contribution in [2.24, 2.45) is 22.7 Å². The van der Waals surface area contributed by atoms with E-state index in [1.165, 1.54) is 0 Å². The van der Waals surface area contributed by atoms with Crippen LogP contribution in [-0.2, 0) is 0 Å². The molecule has 10 heteroatoms. The van der Waals surface area contributed by atoms with Gasteiger partial charge in [-0.2, -0.15) is 26.3 Å². The second-order valence-corrected chi connectivity index (χ2v) is 11.2. The zero-order chi connectivity index (χ0) is 28.2. The summed E-state index contributed by atoms with van der Waals surface area (Å²) in [6.45, 7) is 8.98. The molecule has 0 amide bonds. The first-order valence-corrected chi connectivity index (χ1v) is 13.0. The quantitative estimate of drug-likeness (QED) is 0.192. The number of rotatable bonds is 6. The van der Waals surface area contributed by atoms with Gasteiger partial charge in [-0.25, -0.2) is 0 Å². The van der Waals surface area contributed by atoms with E-state index in [1.807, 2.05) is 13.6 Å². The van der Waals surface area contributed by atoms with Gasteiger partial charge in [-0.05, 0) is 81.0 Å². The second-order valence-electron chi connectivity index (χ2n) is 11.2. The Morgan fingerprint density at radius 2 is 1.53 bits per heavy atom. The van der Waals surface area contributed by atoms with Gasteiger partial charge in [0.15, 0.2) is 0 Å². The summed E-state index contributed by atoms with van der Waals surface area (Å²) < 4.78 is 84.5. The van der Waals surface area contributed by atoms with Gasteiger partial charge in [-0.1, -0.05) is 46.7 Å². The second kappa shape index (κ2) is 12.5. The van der Waals surface area contributed by atoms with Gasteiger partial charge in [0.25, 0.3) is 0 Å². The van der Waals surface area contributed by atoms with Crippen LogP contribution in [0.25, 0.3) is 0 Å². The molecule has 0 aromatic rings. The molecule has 2 aliphatic rings. The number of fused-ring (bicyclic) bond motifs is 1. The van der Waals surface area contributed by atoms with Gasteiger partial charge in [-0.15, -0.1) is 9.18 Å². The number of hydrogen-bond donors (Lipinski definition) is 3. The lowest BCUT2D eigenvalue weighted by Crippen LogP contribution is -2.55. The van der Waals surface area contributed by atoms with Crippen LogP contribution in [0.5, 0.6) is 0 Å². The van der Waals surface area contributed by atoms with Crippen molar-refractivity contribution < 1.29 is 41.7 Å². The average molecular weight is 552 g/mol. The lowest BCUT2D eigenvalue weighted by atomic mass is 9.56. The molecule has 3 unspecified atom stereocenters. The fraction of sp³-hybridized carbons (Fsp3) is 0.923. The van der Waals surface area contributed by atoms with Crippen LogP contribution in [0.3, 0.4) is 0 Å². The first-order chi connectivity index (χ1) is 16.2. The summed E-state index contributed by atoms with van der Waals surface area (Å²) in [7, 11) is 0.333. The molecule has 214 valence electrons. The van der Waals surface area contributed by atoms with Crippen molar-refractivity contribution in [1.82, 2.24) is 0 Å². The molecule has 0 spiro atoms. The molecule has 2 rings (SSSR count). The molecule has 0 aromatic heterocycles. The summed E-state index contributed by atoms with van der Waals surface area (Å²) in [6.07, 6.45) is -7.55. The maximum atomic E-state index is 13.1. The maximum Gasteiger partial charge on any atom is 0.438 e. The molecule has 36 heavy (non-hydrogen) atoms. The Morgan fingerprint density at radius 3 is 2.00 bits per heavy atom. The van der Waals surface area contributed by atoms with Gasteiger partial charge in [0.2, 0.25) is 0 Å². The normalized spacial score (nSPS) is 29.2. The van der Waals surface area contributed by atoms with Crippen LogP contribution in [0, 0.1) is 34.5 Å². The Kier molecular flexibility index (Phi) is 11.7. The zero-order valence-electron chi connectivity index (χ0n) is 22.2. The highest BCUT2D eigenvalue weighted by atomic mass is 31.0. The summed E-state index contributed by atoms with van der Waals surface area (Å²) in [6, 6.07) is 0. The molecule has 6 atom stereocenters. The van der Waals surface area contributed by atoms with Crippen LogP contribution >= 0.6 is 9.18 Å². The van der Waals surface area contributed by atoms with Crippen molar-refractivity contribution in [1.29, 1.82) is 1.28 Å². The maximum absolute atomic E-state index is 13.1. The Labute approximate surface area is 216 Å². The van der Waals surface area contributed by atoms with Crippen LogP contribution in [0.2, 0.25) is 0 Å². The Balaban J connectivity index is 0.00000308. The summed E-state index contributed by atoms with van der Waals surface area (Å²) in [5.74, 6) is 3.14. The zero-order valence-corrected chi connectivity index (χ0v) is 22.2. The van der Waals surface area contributed by atoms with E-state index in [0.29, 0.717) is 41.3 Å². The molecule has 0 saturated heterocycles. The standard InChI is InChI=1S/C24H36F6O3.CH5P.CH4/c1-19(2,32)11-6-12-20(3,13-7-15-22(33,23(25,26)27)24(28,29)30)18-10-9-16-17(31)8-5-14-21(16,18)4;1-2;/h16-18,31-33H,5-6,8-14H2,1-4H3;2H2,1H3;1H4/t16?,17-,18+,20?,21-;;/m0../s1/i;2D;. The lowest BCUT2D eigenvalue weighted by molar-refractivity contribution is -0.343. The largest absolute Gasteiger partial charge is 0.438 e. The molecule has 0 radical (unpaired) electrons. The highest BCUT2D eigenvalue weighted by Crippen LogP contribution is 2.62. The van der Waals surface area contributed by atoms with E-state index >= 15 is 0 Å². The van der Waals surface area contributed by atoms with E-state index in [1.54, 1.807) is 13.8 Å². The SMILES string of the molecule is C.CC(C)(O)CCCC(C)(CC#CC(O)(C(F)(F)F)C(F)(F)F)[C@H]1CCC2[C@@H](O)CCC[C@@]21C.[2H]PC. The minimum Gasteiger partial charge on any atom is -0.393 e. The molecule has 3 N–H and O–H groups in total. The van der Waals surface area contributed by atoms with Crippen molar-refractivity contribution in [2.45, 2.75) is 123 Å². The van der Waals surface area contributed by atoms with Gasteiger partial charge < -0.3 is 15.3 Å². The number of hydrogen-bond acceptors (Lipinski definition) is 3. The Morgan fingerprint density at radius 1 is 1.00 bits per heavy atom. The third kappa shape index (κ3) is 7.74. The summed E-state index contributed by atoms with van der Waals surface area (Å²) in [5, 5.41) is 30.0. The number of alkyl halides is 6. The van der Waals surface area contributed by atoms with Crippen LogP contribution in [0.15, 0.2) is 0 Å². The fourth-order valence-electron chi connectivity index (χ4n) is 6.28. The molecule has 0 bridgehead atoms. The topological polar surface area (TPSA) is 60.7 Å². The van der Waals surface area contributed by atoms with Crippen molar-refractivity contribution >= 4 is 9.18 Å². The van der Waals surface area contributed by atoms with Crippen LogP contribution < -0.4 is 0 Å². The lowest BCUT2D eigenvalue weighted by Gasteiger charge is -2.49. The predicted molar refractivity (Wildman–Crippen MR) is 134 cm³/mol. The molecular formula is C26H45F6O3P. The first-order valence-electron chi connectivity index (χ1n) is 12.5. The van der Waals surface area contributed by atoms with Crippen molar-refractivity contribution in [3.63, 3.8) is 0 Å². The highest BCUT2D eigenvalue weighted by Gasteiger charge is 2.70. The van der Waals surface area contributed by atoms with Crippen molar-refractivity contribution in [3.05, 3.63) is 0 Å². The number of aliphatic hydroxyl groups excluding tert-OH is 1. The van der Waals surface area contributed by atoms with Crippen molar-refractivity contribution in [3.8, 4) is 11.8 Å².